The molecule has 1 aliphatic rings. The Morgan fingerprint density at radius 2 is 2.08 bits per heavy atom. The van der Waals surface area contributed by atoms with Crippen molar-refractivity contribution in [2.24, 2.45) is 0 Å². The Kier molecular flexibility index (Phi) is 4.00. The van der Waals surface area contributed by atoms with Crippen LogP contribution in [0.5, 0.6) is 0 Å². The second kappa shape index (κ2) is 6.16. The number of nitrogens with zero attached hydrogens (tertiary/aromatic N) is 1. The van der Waals surface area contributed by atoms with Crippen molar-refractivity contribution in [3.05, 3.63) is 68.6 Å². The molecule has 0 saturated carbocycles. The predicted octanol–water partition coefficient (Wildman–Crippen LogP) is 5.72. The predicted molar refractivity (Wildman–Crippen MR) is 103 cm³/mol. The highest BCUT2D eigenvalue weighted by atomic mass is 79.9. The minimum Gasteiger partial charge on any atom is -0.321 e. The van der Waals surface area contributed by atoms with E-state index < -0.39 is 0 Å². The van der Waals surface area contributed by atoms with Crippen molar-refractivity contribution in [3.8, 4) is 10.6 Å². The van der Waals surface area contributed by atoms with Gasteiger partial charge in [-0.05, 0) is 36.4 Å². The molecule has 0 unspecified atom stereocenters. The number of rotatable bonds is 2. The van der Waals surface area contributed by atoms with Gasteiger partial charge in [-0.15, -0.1) is 11.3 Å². The SMILES string of the molecule is O=C1Nc2ccc(Cl)cc2C1=Cc1csc(-c2cccc(Br)c2)n1. The number of fused-ring (bicyclic) bond motifs is 1. The van der Waals surface area contributed by atoms with E-state index >= 15 is 0 Å². The molecule has 0 radical (unpaired) electrons. The summed E-state index contributed by atoms with van der Waals surface area (Å²) >= 11 is 11.1. The van der Waals surface area contributed by atoms with Crippen molar-refractivity contribution in [1.82, 2.24) is 4.98 Å². The number of hydrogen-bond donors (Lipinski definition) is 1. The molecule has 2 heterocycles. The van der Waals surface area contributed by atoms with Crippen molar-refractivity contribution in [1.29, 1.82) is 0 Å². The Labute approximate surface area is 156 Å². The van der Waals surface area contributed by atoms with E-state index in [1.807, 2.05) is 35.7 Å². The van der Waals surface area contributed by atoms with Gasteiger partial charge in [-0.25, -0.2) is 4.98 Å². The van der Waals surface area contributed by atoms with Crippen LogP contribution in [-0.2, 0) is 4.79 Å². The van der Waals surface area contributed by atoms with Crippen LogP contribution in [0.3, 0.4) is 0 Å². The van der Waals surface area contributed by atoms with E-state index in [1.54, 1.807) is 29.5 Å². The van der Waals surface area contributed by atoms with Gasteiger partial charge in [-0.1, -0.05) is 39.7 Å². The molecule has 0 aliphatic carbocycles. The molecule has 3 nitrogen and oxygen atoms in total. The second-order valence-electron chi connectivity index (χ2n) is 5.29. The summed E-state index contributed by atoms with van der Waals surface area (Å²) in [6.45, 7) is 0. The van der Waals surface area contributed by atoms with Gasteiger partial charge in [0, 0.05) is 31.7 Å². The monoisotopic (exact) mass is 416 g/mol. The van der Waals surface area contributed by atoms with Crippen LogP contribution in [0.1, 0.15) is 11.3 Å². The molecule has 2 aromatic carbocycles. The molecule has 118 valence electrons. The van der Waals surface area contributed by atoms with Crippen molar-refractivity contribution in [3.63, 3.8) is 0 Å². The average Bonchev–Trinajstić information content (AvgIpc) is 3.14. The van der Waals surface area contributed by atoms with Crippen molar-refractivity contribution >= 4 is 62.1 Å². The summed E-state index contributed by atoms with van der Waals surface area (Å²) in [6, 6.07) is 13.3. The van der Waals surface area contributed by atoms with Gasteiger partial charge in [0.05, 0.1) is 11.3 Å². The zero-order valence-corrected chi connectivity index (χ0v) is 15.4. The Morgan fingerprint density at radius 3 is 2.92 bits per heavy atom. The van der Waals surface area contributed by atoms with E-state index in [1.165, 1.54) is 0 Å². The van der Waals surface area contributed by atoms with Crippen LogP contribution in [0.4, 0.5) is 5.69 Å². The lowest BCUT2D eigenvalue weighted by atomic mass is 10.1. The Balaban J connectivity index is 1.73. The molecule has 1 aromatic heterocycles. The minimum absolute atomic E-state index is 0.135. The molecule has 1 amide bonds. The summed E-state index contributed by atoms with van der Waals surface area (Å²) < 4.78 is 1.01. The maximum absolute atomic E-state index is 12.2. The Morgan fingerprint density at radius 1 is 1.21 bits per heavy atom. The average molecular weight is 418 g/mol. The van der Waals surface area contributed by atoms with Gasteiger partial charge < -0.3 is 5.32 Å². The van der Waals surface area contributed by atoms with Crippen molar-refractivity contribution in [2.45, 2.75) is 0 Å². The topological polar surface area (TPSA) is 42.0 Å². The maximum atomic E-state index is 12.2. The molecular weight excluding hydrogens is 408 g/mol. The van der Waals surface area contributed by atoms with Crippen LogP contribution < -0.4 is 5.32 Å². The highest BCUT2D eigenvalue weighted by Gasteiger charge is 2.24. The van der Waals surface area contributed by atoms with E-state index in [-0.39, 0.29) is 5.91 Å². The van der Waals surface area contributed by atoms with Crippen LogP contribution in [0.25, 0.3) is 22.2 Å². The molecule has 0 fully saturated rings. The fourth-order valence-corrected chi connectivity index (χ4v) is 3.90. The fourth-order valence-electron chi connectivity index (χ4n) is 2.56. The first kappa shape index (κ1) is 15.6. The number of carbonyl (C=O) groups excluding carboxylic acids is 1. The normalized spacial score (nSPS) is 14.8. The number of amides is 1. The lowest BCUT2D eigenvalue weighted by molar-refractivity contribution is -0.110. The largest absolute Gasteiger partial charge is 0.321 e. The molecular formula is C18H10BrClN2OS. The molecule has 0 atom stereocenters. The zero-order valence-electron chi connectivity index (χ0n) is 12.2. The molecule has 6 heteroatoms. The first-order valence-electron chi connectivity index (χ1n) is 7.14. The molecule has 24 heavy (non-hydrogen) atoms. The number of thiazole rings is 1. The summed E-state index contributed by atoms with van der Waals surface area (Å²) in [5, 5.41) is 6.30. The number of benzene rings is 2. The highest BCUT2D eigenvalue weighted by Crippen LogP contribution is 2.35. The summed E-state index contributed by atoms with van der Waals surface area (Å²) in [5.74, 6) is -0.135. The summed E-state index contributed by atoms with van der Waals surface area (Å²) in [6.07, 6.45) is 1.80. The Bertz CT molecular complexity index is 996. The molecule has 3 aromatic rings. The summed E-state index contributed by atoms with van der Waals surface area (Å²) in [4.78, 5) is 16.8. The van der Waals surface area contributed by atoms with E-state index in [9.17, 15) is 4.79 Å². The van der Waals surface area contributed by atoms with E-state index in [4.69, 9.17) is 11.6 Å². The van der Waals surface area contributed by atoms with E-state index in [0.29, 0.717) is 10.6 Å². The maximum Gasteiger partial charge on any atom is 0.256 e. The number of hydrogen-bond acceptors (Lipinski definition) is 3. The van der Waals surface area contributed by atoms with Gasteiger partial charge in [0.2, 0.25) is 0 Å². The minimum atomic E-state index is -0.135. The number of anilines is 1. The lowest BCUT2D eigenvalue weighted by Gasteiger charge is -1.98. The molecule has 1 N–H and O–H groups in total. The van der Waals surface area contributed by atoms with Crippen LogP contribution >= 0.6 is 38.9 Å². The van der Waals surface area contributed by atoms with Crippen molar-refractivity contribution in [2.75, 3.05) is 5.32 Å². The van der Waals surface area contributed by atoms with Gasteiger partial charge in [0.1, 0.15) is 5.01 Å². The van der Waals surface area contributed by atoms with Gasteiger partial charge >= 0.3 is 0 Å². The van der Waals surface area contributed by atoms with Gasteiger partial charge in [0.15, 0.2) is 0 Å². The smallest absolute Gasteiger partial charge is 0.256 e. The van der Waals surface area contributed by atoms with E-state index in [0.717, 1.165) is 32.0 Å². The van der Waals surface area contributed by atoms with Crippen LogP contribution in [0.2, 0.25) is 5.02 Å². The first-order valence-corrected chi connectivity index (χ1v) is 9.20. The lowest BCUT2D eigenvalue weighted by Crippen LogP contribution is -2.03. The number of carbonyl (C=O) groups is 1. The highest BCUT2D eigenvalue weighted by molar-refractivity contribution is 9.10. The number of halogens is 2. The van der Waals surface area contributed by atoms with Crippen LogP contribution in [0.15, 0.2) is 52.3 Å². The Hall–Kier alpha value is -1.95. The zero-order chi connectivity index (χ0) is 16.7. The molecule has 0 spiro atoms. The summed E-state index contributed by atoms with van der Waals surface area (Å²) in [7, 11) is 0. The fraction of sp³-hybridized carbons (Fsp3) is 0. The number of nitrogens with one attached hydrogen (secondary N) is 1. The van der Waals surface area contributed by atoms with Crippen molar-refractivity contribution < 1.29 is 4.79 Å². The van der Waals surface area contributed by atoms with Gasteiger partial charge in [-0.2, -0.15) is 0 Å². The number of aromatic nitrogens is 1. The molecule has 0 bridgehead atoms. The molecule has 4 rings (SSSR count). The molecule has 1 aliphatic heterocycles. The third kappa shape index (κ3) is 2.90. The second-order valence-corrected chi connectivity index (χ2v) is 7.50. The first-order chi connectivity index (χ1) is 11.6. The third-order valence-corrected chi connectivity index (χ3v) is 5.29. The standard InChI is InChI=1S/C18H10BrClN2OS/c19-11-3-1-2-10(6-11)18-21-13(9-24-18)8-15-14-7-12(20)4-5-16(14)22-17(15)23/h1-9H,(H,22,23). The summed E-state index contributed by atoms with van der Waals surface area (Å²) in [5.41, 5.74) is 3.97. The van der Waals surface area contributed by atoms with Crippen LogP contribution in [0, 0.1) is 0 Å². The quantitative estimate of drug-likeness (QED) is 0.542. The van der Waals surface area contributed by atoms with Crippen LogP contribution in [-0.4, -0.2) is 10.9 Å². The van der Waals surface area contributed by atoms with Gasteiger partial charge in [-0.3, -0.25) is 4.79 Å². The molecule has 0 saturated heterocycles. The van der Waals surface area contributed by atoms with Gasteiger partial charge in [0.25, 0.3) is 5.91 Å². The third-order valence-electron chi connectivity index (χ3n) is 3.65. The van der Waals surface area contributed by atoms with E-state index in [2.05, 4.69) is 26.2 Å².